The third kappa shape index (κ3) is 2.86. The lowest BCUT2D eigenvalue weighted by atomic mass is 9.91. The monoisotopic (exact) mass is 314 g/mol. The van der Waals surface area contributed by atoms with Gasteiger partial charge in [0.2, 0.25) is 10.0 Å². The Bertz CT molecular complexity index is 609. The summed E-state index contributed by atoms with van der Waals surface area (Å²) in [6, 6.07) is 0.401. The van der Waals surface area contributed by atoms with E-state index in [9.17, 15) is 8.42 Å². The molecule has 1 aromatic heterocycles. The molecule has 1 saturated heterocycles. The van der Waals surface area contributed by atoms with Crippen LogP contribution in [0.4, 0.5) is 0 Å². The highest BCUT2D eigenvalue weighted by molar-refractivity contribution is 7.89. The third-order valence-corrected chi connectivity index (χ3v) is 6.75. The predicted octanol–water partition coefficient (Wildman–Crippen LogP) is 1.05. The minimum atomic E-state index is -3.45. The second kappa shape index (κ2) is 6.06. The number of aromatic nitrogens is 2. The molecule has 6 nitrogen and oxygen atoms in total. The highest BCUT2D eigenvalue weighted by Crippen LogP contribution is 2.28. The van der Waals surface area contributed by atoms with Crippen molar-refractivity contribution in [2.75, 3.05) is 20.1 Å². The first-order valence-corrected chi connectivity index (χ1v) is 8.94. The van der Waals surface area contributed by atoms with Gasteiger partial charge in [0, 0.05) is 26.2 Å². The fraction of sp³-hybridized carbons (Fsp3) is 0.786. The Morgan fingerprint density at radius 2 is 2.05 bits per heavy atom. The van der Waals surface area contributed by atoms with Crippen LogP contribution in [0.5, 0.6) is 0 Å². The van der Waals surface area contributed by atoms with Gasteiger partial charge in [0.25, 0.3) is 0 Å². The maximum Gasteiger partial charge on any atom is 0.246 e. The van der Waals surface area contributed by atoms with Crippen LogP contribution in [0.1, 0.15) is 31.2 Å². The second-order valence-electron chi connectivity index (χ2n) is 5.84. The summed E-state index contributed by atoms with van der Waals surface area (Å²) >= 11 is 0. The number of piperidine rings is 1. The maximum absolute atomic E-state index is 13.0. The molecule has 7 heteroatoms. The standard InChI is InChI=1S/C14H26N4O2S/c1-6-12-9-18(8-7-13(12)15-4)21(19,20)14-10(2)16-17(5)11(14)3/h12-13,15H,6-9H2,1-5H3. The van der Waals surface area contributed by atoms with Crippen LogP contribution in [0.25, 0.3) is 0 Å². The van der Waals surface area contributed by atoms with E-state index < -0.39 is 10.0 Å². The number of rotatable bonds is 4. The van der Waals surface area contributed by atoms with E-state index in [0.29, 0.717) is 41.3 Å². The first-order valence-electron chi connectivity index (χ1n) is 7.50. The molecule has 1 aliphatic heterocycles. The van der Waals surface area contributed by atoms with Gasteiger partial charge in [-0.25, -0.2) is 8.42 Å². The van der Waals surface area contributed by atoms with E-state index in [0.717, 1.165) is 12.8 Å². The van der Waals surface area contributed by atoms with Gasteiger partial charge < -0.3 is 5.32 Å². The Labute approximate surface area is 127 Å². The molecule has 2 heterocycles. The molecule has 0 saturated carbocycles. The van der Waals surface area contributed by atoms with Gasteiger partial charge in [-0.15, -0.1) is 0 Å². The number of nitrogens with one attached hydrogen (secondary N) is 1. The minimum absolute atomic E-state index is 0.357. The van der Waals surface area contributed by atoms with Crippen LogP contribution in [0.2, 0.25) is 0 Å². The average Bonchev–Trinajstić information content (AvgIpc) is 2.71. The van der Waals surface area contributed by atoms with Crippen molar-refractivity contribution >= 4 is 10.0 Å². The molecule has 21 heavy (non-hydrogen) atoms. The van der Waals surface area contributed by atoms with E-state index in [1.807, 2.05) is 14.0 Å². The van der Waals surface area contributed by atoms with Crippen molar-refractivity contribution in [1.29, 1.82) is 0 Å². The Hall–Kier alpha value is -0.920. The third-order valence-electron chi connectivity index (χ3n) is 4.63. The Kier molecular flexibility index (Phi) is 4.75. The Morgan fingerprint density at radius 3 is 2.52 bits per heavy atom. The average molecular weight is 314 g/mol. The second-order valence-corrected chi connectivity index (χ2v) is 7.71. The lowest BCUT2D eigenvalue weighted by Gasteiger charge is -2.37. The van der Waals surface area contributed by atoms with Crippen molar-refractivity contribution in [3.8, 4) is 0 Å². The van der Waals surface area contributed by atoms with Crippen molar-refractivity contribution in [1.82, 2.24) is 19.4 Å². The molecular weight excluding hydrogens is 288 g/mol. The first-order chi connectivity index (χ1) is 9.82. The molecule has 2 unspecified atom stereocenters. The van der Waals surface area contributed by atoms with Gasteiger partial charge in [-0.05, 0) is 33.2 Å². The fourth-order valence-corrected chi connectivity index (χ4v) is 5.18. The van der Waals surface area contributed by atoms with Gasteiger partial charge in [0.05, 0.1) is 11.4 Å². The van der Waals surface area contributed by atoms with E-state index in [1.165, 1.54) is 0 Å². The lowest BCUT2D eigenvalue weighted by molar-refractivity contribution is 0.209. The quantitative estimate of drug-likeness (QED) is 0.902. The molecule has 0 bridgehead atoms. The number of sulfonamides is 1. The maximum atomic E-state index is 13.0. The minimum Gasteiger partial charge on any atom is -0.317 e. The molecule has 1 aliphatic rings. The van der Waals surface area contributed by atoms with Gasteiger partial charge in [-0.1, -0.05) is 13.3 Å². The van der Waals surface area contributed by atoms with Crippen molar-refractivity contribution in [2.45, 2.75) is 44.6 Å². The van der Waals surface area contributed by atoms with Gasteiger partial charge in [0.15, 0.2) is 0 Å². The van der Waals surface area contributed by atoms with Crippen LogP contribution in [0.15, 0.2) is 4.90 Å². The molecule has 0 spiro atoms. The van der Waals surface area contributed by atoms with Crippen LogP contribution in [-0.2, 0) is 17.1 Å². The molecule has 1 N–H and O–H groups in total. The predicted molar refractivity (Wildman–Crippen MR) is 82.7 cm³/mol. The summed E-state index contributed by atoms with van der Waals surface area (Å²) in [4.78, 5) is 0.378. The fourth-order valence-electron chi connectivity index (χ4n) is 3.27. The van der Waals surface area contributed by atoms with E-state index in [-0.39, 0.29) is 0 Å². The van der Waals surface area contributed by atoms with Crippen LogP contribution >= 0.6 is 0 Å². The normalized spacial score (nSPS) is 24.4. The summed E-state index contributed by atoms with van der Waals surface area (Å²) in [6.07, 6.45) is 1.83. The van der Waals surface area contributed by atoms with Crippen LogP contribution < -0.4 is 5.32 Å². The van der Waals surface area contributed by atoms with Crippen LogP contribution in [-0.4, -0.2) is 48.7 Å². The van der Waals surface area contributed by atoms with E-state index in [1.54, 1.807) is 23.0 Å². The smallest absolute Gasteiger partial charge is 0.246 e. The SMILES string of the molecule is CCC1CN(S(=O)(=O)c2c(C)nn(C)c2C)CCC1NC. The summed E-state index contributed by atoms with van der Waals surface area (Å²) in [5.74, 6) is 0.357. The van der Waals surface area contributed by atoms with Crippen LogP contribution in [0, 0.1) is 19.8 Å². The topological polar surface area (TPSA) is 67.2 Å². The molecular formula is C14H26N4O2S. The van der Waals surface area contributed by atoms with Gasteiger partial charge in [0.1, 0.15) is 4.90 Å². The Morgan fingerprint density at radius 1 is 1.38 bits per heavy atom. The number of aryl methyl sites for hydroxylation is 2. The summed E-state index contributed by atoms with van der Waals surface area (Å²) in [5, 5.41) is 7.55. The molecule has 2 rings (SSSR count). The van der Waals surface area contributed by atoms with E-state index in [4.69, 9.17) is 0 Å². The van der Waals surface area contributed by atoms with Gasteiger partial charge in [-0.3, -0.25) is 4.68 Å². The highest BCUT2D eigenvalue weighted by Gasteiger charge is 2.36. The summed E-state index contributed by atoms with van der Waals surface area (Å²) in [7, 11) is 0.277. The molecule has 1 aromatic rings. The van der Waals surface area contributed by atoms with Gasteiger partial charge in [-0.2, -0.15) is 9.40 Å². The highest BCUT2D eigenvalue weighted by atomic mass is 32.2. The number of hydrogen-bond acceptors (Lipinski definition) is 4. The number of nitrogens with zero attached hydrogens (tertiary/aromatic N) is 3. The number of hydrogen-bond donors (Lipinski definition) is 1. The molecule has 0 aliphatic carbocycles. The van der Waals surface area contributed by atoms with Crippen molar-refractivity contribution in [3.05, 3.63) is 11.4 Å². The van der Waals surface area contributed by atoms with Crippen LogP contribution in [0.3, 0.4) is 0 Å². The molecule has 1 fully saturated rings. The summed E-state index contributed by atoms with van der Waals surface area (Å²) in [6.45, 7) is 6.84. The molecule has 2 atom stereocenters. The Balaban J connectivity index is 2.32. The van der Waals surface area contributed by atoms with E-state index in [2.05, 4.69) is 17.3 Å². The first kappa shape index (κ1) is 16.5. The van der Waals surface area contributed by atoms with Gasteiger partial charge >= 0.3 is 0 Å². The van der Waals surface area contributed by atoms with Crippen molar-refractivity contribution in [2.24, 2.45) is 13.0 Å². The summed E-state index contributed by atoms with van der Waals surface area (Å²) < 4.78 is 29.2. The lowest BCUT2D eigenvalue weighted by Crippen LogP contribution is -2.50. The zero-order valence-corrected chi connectivity index (χ0v) is 14.4. The molecule has 0 radical (unpaired) electrons. The molecule has 0 amide bonds. The van der Waals surface area contributed by atoms with Crippen molar-refractivity contribution in [3.63, 3.8) is 0 Å². The van der Waals surface area contributed by atoms with Crippen molar-refractivity contribution < 1.29 is 8.42 Å². The zero-order chi connectivity index (χ0) is 15.8. The molecule has 0 aromatic carbocycles. The zero-order valence-electron chi connectivity index (χ0n) is 13.5. The largest absolute Gasteiger partial charge is 0.317 e. The summed E-state index contributed by atoms with van der Waals surface area (Å²) in [5.41, 5.74) is 1.29. The molecule has 120 valence electrons. The van der Waals surface area contributed by atoms with E-state index >= 15 is 0 Å².